The van der Waals surface area contributed by atoms with Gasteiger partial charge in [0.1, 0.15) is 10.8 Å². The number of hydrogen-bond donors (Lipinski definition) is 2. The van der Waals surface area contributed by atoms with Crippen LogP contribution >= 0.6 is 11.6 Å². The molecule has 0 bridgehead atoms. The molecule has 0 aliphatic carbocycles. The summed E-state index contributed by atoms with van der Waals surface area (Å²) in [5.74, 6) is -1.27. The van der Waals surface area contributed by atoms with Gasteiger partial charge in [-0.15, -0.1) is 5.10 Å². The summed E-state index contributed by atoms with van der Waals surface area (Å²) in [6, 6.07) is 17.8. The summed E-state index contributed by atoms with van der Waals surface area (Å²) in [7, 11) is 0. The van der Waals surface area contributed by atoms with Crippen LogP contribution in [-0.4, -0.2) is 54.9 Å². The second-order valence-electron chi connectivity index (χ2n) is 9.65. The van der Waals surface area contributed by atoms with Crippen LogP contribution in [0.4, 0.5) is 17.2 Å². The van der Waals surface area contributed by atoms with E-state index in [1.165, 1.54) is 40.7 Å². The molecule has 0 unspecified atom stereocenters. The van der Waals surface area contributed by atoms with E-state index in [0.29, 0.717) is 17.8 Å². The van der Waals surface area contributed by atoms with E-state index in [1.807, 2.05) is 24.3 Å². The van der Waals surface area contributed by atoms with E-state index >= 15 is 0 Å². The van der Waals surface area contributed by atoms with Gasteiger partial charge in [-0.1, -0.05) is 47.1 Å². The molecule has 3 aromatic carbocycles. The zero-order chi connectivity index (χ0) is 31.5. The van der Waals surface area contributed by atoms with Crippen molar-refractivity contribution in [3.8, 4) is 11.6 Å². The van der Waals surface area contributed by atoms with Crippen LogP contribution in [0.1, 0.15) is 37.7 Å². The number of carbonyl (C=O) groups is 2. The molecule has 6 rings (SSSR count). The molecule has 0 atom stereocenters. The summed E-state index contributed by atoms with van der Waals surface area (Å²) in [5, 5.41) is 30.6. The third kappa shape index (κ3) is 6.02. The highest BCUT2D eigenvalue weighted by Crippen LogP contribution is 2.30. The van der Waals surface area contributed by atoms with Gasteiger partial charge >= 0.3 is 5.97 Å². The fourth-order valence-electron chi connectivity index (χ4n) is 4.70. The minimum absolute atomic E-state index is 0.0151. The summed E-state index contributed by atoms with van der Waals surface area (Å²) < 4.78 is 11.4. The van der Waals surface area contributed by atoms with Crippen molar-refractivity contribution in [3.63, 3.8) is 0 Å². The highest BCUT2D eigenvalue weighted by molar-refractivity contribution is 6.32. The maximum absolute atomic E-state index is 13.2. The second-order valence-corrected chi connectivity index (χ2v) is 10.1. The molecule has 226 valence electrons. The number of nitrogens with zero attached hydrogens (tertiary/aromatic N) is 8. The first-order valence-electron chi connectivity index (χ1n) is 13.2. The molecular formula is C28H21ClN10O6. The van der Waals surface area contributed by atoms with Gasteiger partial charge in [-0.2, -0.15) is 9.78 Å². The van der Waals surface area contributed by atoms with Gasteiger partial charge in [0.25, 0.3) is 11.6 Å². The number of amides is 1. The predicted molar refractivity (Wildman–Crippen MR) is 159 cm³/mol. The standard InChI is InChI=1S/C28H21ClN10O6/c29-20-9-8-18(13-22(20)39(42)43)28(41)44-19-6-3-4-16(12-19)14-31-33-27(40)24-23(38(36-32-24)26-25(30)34-45-35-26)15-37-11-10-17-5-1-2-7-21(17)37/h1-9,12-14H,10-11,15H2,(H2,30,34)(H,33,40)/b31-14-. The van der Waals surface area contributed by atoms with E-state index in [1.54, 1.807) is 12.1 Å². The van der Waals surface area contributed by atoms with Crippen molar-refractivity contribution in [2.24, 2.45) is 5.10 Å². The minimum Gasteiger partial charge on any atom is -0.423 e. The number of carbonyl (C=O) groups excluding carboxylic acids is 2. The van der Waals surface area contributed by atoms with Gasteiger partial charge in [-0.25, -0.2) is 14.8 Å². The number of nitrogen functional groups attached to an aromatic ring is 1. The van der Waals surface area contributed by atoms with Crippen LogP contribution in [0.15, 0.2) is 76.5 Å². The molecule has 16 nitrogen and oxygen atoms in total. The third-order valence-electron chi connectivity index (χ3n) is 6.83. The van der Waals surface area contributed by atoms with Crippen LogP contribution in [0, 0.1) is 10.1 Å². The van der Waals surface area contributed by atoms with Crippen LogP contribution < -0.4 is 20.8 Å². The molecule has 0 saturated carbocycles. The number of nitrogens with two attached hydrogens (primary N) is 1. The fraction of sp³-hybridized carbons (Fsp3) is 0.107. The maximum atomic E-state index is 13.2. The zero-order valence-corrected chi connectivity index (χ0v) is 23.8. The molecule has 0 fully saturated rings. The van der Waals surface area contributed by atoms with Crippen LogP contribution in [-0.2, 0) is 13.0 Å². The van der Waals surface area contributed by atoms with Crippen molar-refractivity contribution in [1.29, 1.82) is 0 Å². The number of esters is 1. The number of rotatable bonds is 9. The number of ether oxygens (including phenoxy) is 1. The maximum Gasteiger partial charge on any atom is 0.343 e. The van der Waals surface area contributed by atoms with Gasteiger partial charge in [-0.05, 0) is 58.2 Å². The predicted octanol–water partition coefficient (Wildman–Crippen LogP) is 3.34. The van der Waals surface area contributed by atoms with Gasteiger partial charge in [0.2, 0.25) is 11.6 Å². The molecule has 3 N–H and O–H groups in total. The number of nitrogens with one attached hydrogen (secondary N) is 1. The van der Waals surface area contributed by atoms with Crippen LogP contribution in [0.2, 0.25) is 5.02 Å². The third-order valence-corrected chi connectivity index (χ3v) is 7.14. The SMILES string of the molecule is Nc1nonc1-n1nnc(C(=O)N/N=C\c2cccc(OC(=O)c3ccc(Cl)c([N+](=O)[O-])c3)c2)c1CN1CCc2ccccc21. The van der Waals surface area contributed by atoms with E-state index in [9.17, 15) is 19.7 Å². The average molecular weight is 629 g/mol. The summed E-state index contributed by atoms with van der Waals surface area (Å²) >= 11 is 5.82. The van der Waals surface area contributed by atoms with Crippen molar-refractivity contribution in [3.05, 3.63) is 110 Å². The first-order valence-corrected chi connectivity index (χ1v) is 13.6. The average Bonchev–Trinajstić information content (AvgIpc) is 3.76. The lowest BCUT2D eigenvalue weighted by molar-refractivity contribution is -0.384. The molecule has 3 heterocycles. The highest BCUT2D eigenvalue weighted by atomic mass is 35.5. The molecule has 2 aromatic heterocycles. The van der Waals surface area contributed by atoms with Gasteiger partial charge in [-0.3, -0.25) is 14.9 Å². The monoisotopic (exact) mass is 628 g/mol. The Labute approximate surface area is 258 Å². The smallest absolute Gasteiger partial charge is 0.343 e. The lowest BCUT2D eigenvalue weighted by atomic mass is 10.2. The second kappa shape index (κ2) is 12.2. The summed E-state index contributed by atoms with van der Waals surface area (Å²) in [5.41, 5.74) is 10.9. The number of anilines is 2. The van der Waals surface area contributed by atoms with Crippen LogP contribution in [0.3, 0.4) is 0 Å². The van der Waals surface area contributed by atoms with E-state index < -0.39 is 22.5 Å². The van der Waals surface area contributed by atoms with Crippen molar-refractivity contribution in [2.45, 2.75) is 13.0 Å². The Kier molecular flexibility index (Phi) is 7.85. The topological polar surface area (TPSA) is 210 Å². The number of nitro groups is 1. The number of nitro benzene ring substituents is 1. The highest BCUT2D eigenvalue weighted by Gasteiger charge is 2.28. The van der Waals surface area contributed by atoms with Crippen molar-refractivity contribution in [2.75, 3.05) is 17.2 Å². The fourth-order valence-corrected chi connectivity index (χ4v) is 4.89. The Morgan fingerprint density at radius 2 is 2.00 bits per heavy atom. The Balaban J connectivity index is 1.18. The molecule has 1 aliphatic rings. The normalized spacial score (nSPS) is 12.3. The van der Waals surface area contributed by atoms with Gasteiger partial charge in [0.15, 0.2) is 5.69 Å². The molecule has 45 heavy (non-hydrogen) atoms. The van der Waals surface area contributed by atoms with Crippen LogP contribution in [0.25, 0.3) is 5.82 Å². The summed E-state index contributed by atoms with van der Waals surface area (Å²) in [4.78, 5) is 38.4. The Morgan fingerprint density at radius 1 is 1.16 bits per heavy atom. The van der Waals surface area contributed by atoms with E-state index in [4.69, 9.17) is 26.7 Å². The van der Waals surface area contributed by atoms with E-state index in [-0.39, 0.29) is 40.2 Å². The first-order chi connectivity index (χ1) is 21.8. The van der Waals surface area contributed by atoms with E-state index in [2.05, 4.69) is 36.1 Å². The number of hydrazone groups is 1. The quantitative estimate of drug-likeness (QED) is 0.0791. The van der Waals surface area contributed by atoms with Gasteiger partial charge in [0.05, 0.1) is 28.9 Å². The van der Waals surface area contributed by atoms with Crippen molar-refractivity contribution >= 4 is 46.9 Å². The molecule has 0 saturated heterocycles. The number of halogens is 1. The molecule has 0 radical (unpaired) electrons. The number of fused-ring (bicyclic) bond motifs is 1. The molecule has 5 aromatic rings. The Bertz CT molecular complexity index is 1970. The molecule has 17 heteroatoms. The lowest BCUT2D eigenvalue weighted by Gasteiger charge is -2.19. The lowest BCUT2D eigenvalue weighted by Crippen LogP contribution is -2.26. The summed E-state index contributed by atoms with van der Waals surface area (Å²) in [6.45, 7) is 0.971. The Morgan fingerprint density at radius 3 is 2.80 bits per heavy atom. The zero-order valence-electron chi connectivity index (χ0n) is 23.0. The molecule has 0 spiro atoms. The Hall–Kier alpha value is -6.16. The van der Waals surface area contributed by atoms with Crippen molar-refractivity contribution in [1.82, 2.24) is 30.7 Å². The van der Waals surface area contributed by atoms with Crippen molar-refractivity contribution < 1.29 is 23.9 Å². The first kappa shape index (κ1) is 28.9. The van der Waals surface area contributed by atoms with Crippen LogP contribution in [0.5, 0.6) is 5.75 Å². The van der Waals surface area contributed by atoms with E-state index in [0.717, 1.165) is 18.2 Å². The number of benzene rings is 3. The number of aromatic nitrogens is 5. The number of hydrogen-bond acceptors (Lipinski definition) is 13. The minimum atomic E-state index is -0.823. The molecule has 1 amide bonds. The molecule has 1 aliphatic heterocycles. The summed E-state index contributed by atoms with van der Waals surface area (Å²) in [6.07, 6.45) is 2.17. The van der Waals surface area contributed by atoms with Gasteiger partial charge in [0, 0.05) is 18.3 Å². The molecular weight excluding hydrogens is 608 g/mol. The number of para-hydroxylation sites is 1. The largest absolute Gasteiger partial charge is 0.423 e. The van der Waals surface area contributed by atoms with Gasteiger partial charge < -0.3 is 15.4 Å².